The summed E-state index contributed by atoms with van der Waals surface area (Å²) in [6.45, 7) is 3.37. The van der Waals surface area contributed by atoms with Gasteiger partial charge in [-0.1, -0.05) is 29.8 Å². The SMILES string of the molecule is O=C(c1cccc(Cl)c1F)N1CCCN(Cc2cccc(O)c2)CC1. The molecule has 1 saturated heterocycles. The van der Waals surface area contributed by atoms with Crippen LogP contribution < -0.4 is 0 Å². The largest absolute Gasteiger partial charge is 0.508 e. The summed E-state index contributed by atoms with van der Waals surface area (Å²) in [6, 6.07) is 11.7. The minimum Gasteiger partial charge on any atom is -0.508 e. The van der Waals surface area contributed by atoms with E-state index in [1.54, 1.807) is 23.1 Å². The van der Waals surface area contributed by atoms with Crippen molar-refractivity contribution in [1.29, 1.82) is 0 Å². The topological polar surface area (TPSA) is 43.8 Å². The highest BCUT2D eigenvalue weighted by atomic mass is 35.5. The molecule has 1 fully saturated rings. The van der Waals surface area contributed by atoms with Gasteiger partial charge in [-0.05, 0) is 36.2 Å². The number of carbonyl (C=O) groups excluding carboxylic acids is 1. The first-order chi connectivity index (χ1) is 12.0. The smallest absolute Gasteiger partial charge is 0.256 e. The number of carbonyl (C=O) groups is 1. The average molecular weight is 363 g/mol. The van der Waals surface area contributed by atoms with Crippen LogP contribution in [0.1, 0.15) is 22.3 Å². The lowest BCUT2D eigenvalue weighted by atomic mass is 10.2. The molecule has 4 nitrogen and oxygen atoms in total. The Balaban J connectivity index is 1.65. The molecular weight excluding hydrogens is 343 g/mol. The first kappa shape index (κ1) is 17.7. The van der Waals surface area contributed by atoms with Gasteiger partial charge in [0.2, 0.25) is 0 Å². The fourth-order valence-electron chi connectivity index (χ4n) is 3.08. The lowest BCUT2D eigenvalue weighted by Gasteiger charge is -2.22. The zero-order chi connectivity index (χ0) is 17.8. The Hall–Kier alpha value is -2.11. The van der Waals surface area contributed by atoms with Crippen molar-refractivity contribution in [1.82, 2.24) is 9.80 Å². The fourth-order valence-corrected chi connectivity index (χ4v) is 3.26. The number of amides is 1. The van der Waals surface area contributed by atoms with Gasteiger partial charge >= 0.3 is 0 Å². The van der Waals surface area contributed by atoms with E-state index in [0.717, 1.165) is 18.5 Å². The number of phenols is 1. The summed E-state index contributed by atoms with van der Waals surface area (Å²) in [5.41, 5.74) is 1.05. The number of nitrogens with zero attached hydrogens (tertiary/aromatic N) is 2. The highest BCUT2D eigenvalue weighted by Crippen LogP contribution is 2.20. The maximum absolute atomic E-state index is 14.1. The maximum atomic E-state index is 14.1. The molecule has 2 aromatic carbocycles. The molecule has 1 aliphatic heterocycles. The van der Waals surface area contributed by atoms with Crippen molar-refractivity contribution in [3.05, 3.63) is 64.4 Å². The third kappa shape index (κ3) is 4.30. The number of phenolic OH excluding ortho intramolecular Hbond substituents is 1. The third-order valence-electron chi connectivity index (χ3n) is 4.37. The molecule has 2 aromatic rings. The molecule has 1 amide bonds. The molecule has 0 unspecified atom stereocenters. The van der Waals surface area contributed by atoms with Crippen molar-refractivity contribution >= 4 is 17.5 Å². The van der Waals surface area contributed by atoms with Gasteiger partial charge in [-0.25, -0.2) is 4.39 Å². The number of benzene rings is 2. The Bertz CT molecular complexity index is 769. The van der Waals surface area contributed by atoms with Gasteiger partial charge in [-0.2, -0.15) is 0 Å². The Labute approximate surface area is 151 Å². The van der Waals surface area contributed by atoms with Gasteiger partial charge in [0.05, 0.1) is 10.6 Å². The molecule has 0 saturated carbocycles. The highest BCUT2D eigenvalue weighted by Gasteiger charge is 2.23. The number of halogens is 2. The molecular formula is C19H20ClFN2O2. The van der Waals surface area contributed by atoms with Gasteiger partial charge in [-0.3, -0.25) is 9.69 Å². The molecule has 3 rings (SSSR count). The van der Waals surface area contributed by atoms with Gasteiger partial charge in [0, 0.05) is 32.7 Å². The second-order valence-electron chi connectivity index (χ2n) is 6.19. The minimum absolute atomic E-state index is 0.0222. The van der Waals surface area contributed by atoms with E-state index in [4.69, 9.17) is 11.6 Å². The van der Waals surface area contributed by atoms with Crippen LogP contribution in [0.15, 0.2) is 42.5 Å². The molecule has 0 bridgehead atoms. The van der Waals surface area contributed by atoms with Crippen LogP contribution in [-0.2, 0) is 6.54 Å². The third-order valence-corrected chi connectivity index (χ3v) is 4.67. The van der Waals surface area contributed by atoms with E-state index >= 15 is 0 Å². The molecule has 6 heteroatoms. The normalized spacial score (nSPS) is 15.8. The van der Waals surface area contributed by atoms with E-state index in [2.05, 4.69) is 4.90 Å². The summed E-state index contributed by atoms with van der Waals surface area (Å²) in [5, 5.41) is 9.53. The Morgan fingerprint density at radius 1 is 1.12 bits per heavy atom. The van der Waals surface area contributed by atoms with Crippen molar-refractivity contribution in [3.8, 4) is 5.75 Å². The van der Waals surface area contributed by atoms with Crippen LogP contribution in [0.4, 0.5) is 4.39 Å². The van der Waals surface area contributed by atoms with Crippen LogP contribution in [-0.4, -0.2) is 47.0 Å². The van der Waals surface area contributed by atoms with Crippen molar-refractivity contribution in [2.24, 2.45) is 0 Å². The molecule has 132 valence electrons. The maximum Gasteiger partial charge on any atom is 0.256 e. The average Bonchev–Trinajstić information content (AvgIpc) is 2.82. The summed E-state index contributed by atoms with van der Waals surface area (Å²) in [5.74, 6) is -0.727. The zero-order valence-electron chi connectivity index (χ0n) is 13.8. The monoisotopic (exact) mass is 362 g/mol. The van der Waals surface area contributed by atoms with Gasteiger partial charge in [0.25, 0.3) is 5.91 Å². The highest BCUT2D eigenvalue weighted by molar-refractivity contribution is 6.31. The van der Waals surface area contributed by atoms with Crippen LogP contribution in [0.25, 0.3) is 0 Å². The van der Waals surface area contributed by atoms with Gasteiger partial charge < -0.3 is 10.0 Å². The second-order valence-corrected chi connectivity index (χ2v) is 6.60. The lowest BCUT2D eigenvalue weighted by Crippen LogP contribution is -2.35. The number of hydrogen-bond acceptors (Lipinski definition) is 3. The van der Waals surface area contributed by atoms with E-state index in [0.29, 0.717) is 26.2 Å². The van der Waals surface area contributed by atoms with Crippen LogP contribution in [0.5, 0.6) is 5.75 Å². The number of hydrogen-bond donors (Lipinski definition) is 1. The first-order valence-electron chi connectivity index (χ1n) is 8.28. The van der Waals surface area contributed by atoms with Crippen molar-refractivity contribution in [2.75, 3.05) is 26.2 Å². The molecule has 1 heterocycles. The van der Waals surface area contributed by atoms with Crippen LogP contribution in [0.2, 0.25) is 5.02 Å². The lowest BCUT2D eigenvalue weighted by molar-refractivity contribution is 0.0756. The second kappa shape index (κ2) is 7.85. The predicted molar refractivity (Wildman–Crippen MR) is 95.3 cm³/mol. The van der Waals surface area contributed by atoms with Crippen LogP contribution >= 0.6 is 11.6 Å². The predicted octanol–water partition coefficient (Wildman–Crippen LogP) is 3.53. The number of aromatic hydroxyl groups is 1. The summed E-state index contributed by atoms with van der Waals surface area (Å²) in [4.78, 5) is 16.5. The summed E-state index contributed by atoms with van der Waals surface area (Å²) < 4.78 is 14.1. The standard InChI is InChI=1S/C19H20ClFN2O2/c20-17-7-2-6-16(18(17)21)19(25)23-9-3-8-22(10-11-23)13-14-4-1-5-15(24)12-14/h1-2,4-7,12,24H,3,8-11,13H2. The molecule has 1 aliphatic rings. The van der Waals surface area contributed by atoms with Gasteiger partial charge in [0.1, 0.15) is 5.75 Å². The Morgan fingerprint density at radius 3 is 2.72 bits per heavy atom. The molecule has 0 radical (unpaired) electrons. The Morgan fingerprint density at radius 2 is 1.92 bits per heavy atom. The zero-order valence-corrected chi connectivity index (χ0v) is 14.5. The summed E-state index contributed by atoms with van der Waals surface area (Å²) in [6.07, 6.45) is 0.812. The van der Waals surface area contributed by atoms with Gasteiger partial charge in [-0.15, -0.1) is 0 Å². The quantitative estimate of drug-likeness (QED) is 0.908. The Kier molecular flexibility index (Phi) is 5.56. The molecule has 0 atom stereocenters. The van der Waals surface area contributed by atoms with E-state index in [1.807, 2.05) is 12.1 Å². The molecule has 1 N–H and O–H groups in total. The van der Waals surface area contributed by atoms with E-state index in [-0.39, 0.29) is 22.2 Å². The van der Waals surface area contributed by atoms with Crippen LogP contribution in [0.3, 0.4) is 0 Å². The summed E-state index contributed by atoms with van der Waals surface area (Å²) in [7, 11) is 0. The fraction of sp³-hybridized carbons (Fsp3) is 0.316. The summed E-state index contributed by atoms with van der Waals surface area (Å²) >= 11 is 5.78. The van der Waals surface area contributed by atoms with Crippen LogP contribution in [0, 0.1) is 5.82 Å². The van der Waals surface area contributed by atoms with E-state index in [1.165, 1.54) is 12.1 Å². The number of rotatable bonds is 3. The van der Waals surface area contributed by atoms with Crippen molar-refractivity contribution in [2.45, 2.75) is 13.0 Å². The van der Waals surface area contributed by atoms with E-state index in [9.17, 15) is 14.3 Å². The molecule has 0 aromatic heterocycles. The van der Waals surface area contributed by atoms with Crippen molar-refractivity contribution < 1.29 is 14.3 Å². The van der Waals surface area contributed by atoms with Gasteiger partial charge in [0.15, 0.2) is 5.82 Å². The van der Waals surface area contributed by atoms with Crippen molar-refractivity contribution in [3.63, 3.8) is 0 Å². The minimum atomic E-state index is -0.657. The molecule has 0 spiro atoms. The molecule has 25 heavy (non-hydrogen) atoms. The molecule has 0 aliphatic carbocycles. The first-order valence-corrected chi connectivity index (χ1v) is 8.66. The van der Waals surface area contributed by atoms with E-state index < -0.39 is 5.82 Å².